The molecule has 2 heterocycles. The van der Waals surface area contributed by atoms with Gasteiger partial charge in [-0.1, -0.05) is 11.6 Å². The minimum atomic E-state index is -0.277. The fraction of sp³-hybridized carbons (Fsp3) is 0.526. The summed E-state index contributed by atoms with van der Waals surface area (Å²) in [5.41, 5.74) is 0.303. The highest BCUT2D eigenvalue weighted by molar-refractivity contribution is 6.30. The van der Waals surface area contributed by atoms with Crippen molar-refractivity contribution in [3.63, 3.8) is 0 Å². The maximum atomic E-state index is 12.3. The van der Waals surface area contributed by atoms with E-state index in [9.17, 15) is 4.79 Å². The lowest BCUT2D eigenvalue weighted by Gasteiger charge is -2.51. The molecular formula is C19H23ClN4O3. The number of ether oxygens (including phenoxy) is 2. The van der Waals surface area contributed by atoms with Crippen LogP contribution in [0.1, 0.15) is 31.5 Å². The first kappa shape index (κ1) is 18.1. The van der Waals surface area contributed by atoms with E-state index >= 15 is 0 Å². The Morgan fingerprint density at radius 2 is 1.96 bits per heavy atom. The smallest absolute Gasteiger partial charge is 0.410 e. The van der Waals surface area contributed by atoms with E-state index in [-0.39, 0.29) is 18.8 Å². The second-order valence-corrected chi connectivity index (χ2v) is 7.88. The Labute approximate surface area is 163 Å². The van der Waals surface area contributed by atoms with Crippen molar-refractivity contribution in [3.05, 3.63) is 41.4 Å². The van der Waals surface area contributed by atoms with Crippen molar-refractivity contribution in [1.82, 2.24) is 19.7 Å². The molecule has 0 radical (unpaired) electrons. The van der Waals surface area contributed by atoms with Crippen molar-refractivity contribution in [3.8, 4) is 5.75 Å². The molecule has 7 nitrogen and oxygen atoms in total. The number of nitrogens with zero attached hydrogens (tertiary/aromatic N) is 4. The third-order valence-electron chi connectivity index (χ3n) is 5.65. The normalized spacial score (nSPS) is 19.0. The molecule has 1 aliphatic carbocycles. The summed E-state index contributed by atoms with van der Waals surface area (Å²) in [4.78, 5) is 18.1. The minimum absolute atomic E-state index is 0.147. The number of piperidine rings is 1. The van der Waals surface area contributed by atoms with Crippen molar-refractivity contribution < 1.29 is 14.3 Å². The lowest BCUT2D eigenvalue weighted by molar-refractivity contribution is -0.0537. The molecule has 1 amide bonds. The number of benzene rings is 1. The van der Waals surface area contributed by atoms with Crippen LogP contribution in [0.2, 0.25) is 5.02 Å². The fourth-order valence-corrected chi connectivity index (χ4v) is 4.06. The molecule has 1 aromatic heterocycles. The number of amides is 1. The molecule has 8 heteroatoms. The van der Waals surface area contributed by atoms with Crippen molar-refractivity contribution in [2.24, 2.45) is 12.5 Å². The molecule has 0 bridgehead atoms. The van der Waals surface area contributed by atoms with E-state index in [1.165, 1.54) is 6.33 Å². The van der Waals surface area contributed by atoms with E-state index < -0.39 is 0 Å². The largest absolute Gasteiger partial charge is 0.490 e. The molecule has 4 rings (SSSR count). The molecular weight excluding hydrogens is 368 g/mol. The molecule has 0 unspecified atom stereocenters. The molecule has 0 atom stereocenters. The number of halogens is 1. The van der Waals surface area contributed by atoms with E-state index in [2.05, 4.69) is 10.1 Å². The van der Waals surface area contributed by atoms with Crippen LogP contribution in [0.3, 0.4) is 0 Å². The van der Waals surface area contributed by atoms with Gasteiger partial charge in [0.05, 0.1) is 6.10 Å². The van der Waals surface area contributed by atoms with Crippen LogP contribution in [-0.4, -0.2) is 45.0 Å². The molecule has 1 saturated heterocycles. The van der Waals surface area contributed by atoms with Gasteiger partial charge in [0.1, 0.15) is 12.1 Å². The van der Waals surface area contributed by atoms with E-state index in [0.717, 1.165) is 44.5 Å². The molecule has 2 fully saturated rings. The standard InChI is InChI=1S/C19H23ClN4O3/c1-23-17(21-13-22-23)12-26-18(25)24-8-6-19(7-9-24)10-16(11-19)27-15-4-2-14(20)3-5-15/h2-5,13,16H,6-12H2,1H3. The molecule has 1 spiro atoms. The summed E-state index contributed by atoms with van der Waals surface area (Å²) in [5.74, 6) is 1.50. The highest BCUT2D eigenvalue weighted by Gasteiger charge is 2.47. The molecule has 1 aromatic carbocycles. The average Bonchev–Trinajstić information content (AvgIpc) is 3.06. The van der Waals surface area contributed by atoms with Gasteiger partial charge in [-0.3, -0.25) is 4.68 Å². The minimum Gasteiger partial charge on any atom is -0.490 e. The van der Waals surface area contributed by atoms with Crippen molar-refractivity contribution in [1.29, 1.82) is 0 Å². The highest BCUT2D eigenvalue weighted by atomic mass is 35.5. The summed E-state index contributed by atoms with van der Waals surface area (Å²) in [6, 6.07) is 7.50. The van der Waals surface area contributed by atoms with Crippen LogP contribution >= 0.6 is 11.6 Å². The lowest BCUT2D eigenvalue weighted by atomic mass is 9.61. The Morgan fingerprint density at radius 3 is 2.59 bits per heavy atom. The Morgan fingerprint density at radius 1 is 1.26 bits per heavy atom. The molecule has 27 heavy (non-hydrogen) atoms. The van der Waals surface area contributed by atoms with Gasteiger partial charge in [0.2, 0.25) is 0 Å². The van der Waals surface area contributed by atoms with Gasteiger partial charge in [0, 0.05) is 25.2 Å². The van der Waals surface area contributed by atoms with Gasteiger partial charge in [-0.15, -0.1) is 0 Å². The SMILES string of the molecule is Cn1ncnc1COC(=O)N1CCC2(CC1)CC(Oc1ccc(Cl)cc1)C2. The first-order valence-electron chi connectivity index (χ1n) is 9.20. The summed E-state index contributed by atoms with van der Waals surface area (Å²) < 4.78 is 13.0. The second kappa shape index (κ2) is 7.38. The molecule has 2 aromatic rings. The summed E-state index contributed by atoms with van der Waals surface area (Å²) >= 11 is 5.91. The van der Waals surface area contributed by atoms with Crippen molar-refractivity contribution in [2.45, 2.75) is 38.4 Å². The van der Waals surface area contributed by atoms with E-state index in [4.69, 9.17) is 21.1 Å². The van der Waals surface area contributed by atoms with Crippen LogP contribution in [0.5, 0.6) is 5.75 Å². The Balaban J connectivity index is 1.21. The van der Waals surface area contributed by atoms with Crippen LogP contribution < -0.4 is 4.74 Å². The van der Waals surface area contributed by atoms with Gasteiger partial charge >= 0.3 is 6.09 Å². The van der Waals surface area contributed by atoms with Crippen LogP contribution in [-0.2, 0) is 18.4 Å². The monoisotopic (exact) mass is 390 g/mol. The molecule has 0 N–H and O–H groups in total. The number of aryl methyl sites for hydroxylation is 1. The number of likely N-dealkylation sites (tertiary alicyclic amines) is 1. The summed E-state index contributed by atoms with van der Waals surface area (Å²) in [6.45, 7) is 1.60. The van der Waals surface area contributed by atoms with Crippen molar-refractivity contribution >= 4 is 17.7 Å². The number of carbonyl (C=O) groups is 1. The van der Waals surface area contributed by atoms with E-state index in [1.807, 2.05) is 24.3 Å². The maximum absolute atomic E-state index is 12.3. The molecule has 1 saturated carbocycles. The second-order valence-electron chi connectivity index (χ2n) is 7.44. The van der Waals surface area contributed by atoms with Gasteiger partial charge in [0.15, 0.2) is 12.4 Å². The third-order valence-corrected chi connectivity index (χ3v) is 5.90. The third kappa shape index (κ3) is 4.03. The Hall–Kier alpha value is -2.28. The first-order chi connectivity index (χ1) is 13.0. The topological polar surface area (TPSA) is 69.5 Å². The number of carbonyl (C=O) groups excluding carboxylic acids is 1. The van der Waals surface area contributed by atoms with E-state index in [0.29, 0.717) is 16.3 Å². The zero-order valence-electron chi connectivity index (χ0n) is 15.3. The van der Waals surface area contributed by atoms with Gasteiger partial charge in [-0.25, -0.2) is 9.78 Å². The molecule has 144 valence electrons. The van der Waals surface area contributed by atoms with Gasteiger partial charge in [0.25, 0.3) is 0 Å². The quantitative estimate of drug-likeness (QED) is 0.799. The van der Waals surface area contributed by atoms with Gasteiger partial charge in [-0.05, 0) is 55.4 Å². The zero-order valence-corrected chi connectivity index (χ0v) is 16.1. The van der Waals surface area contributed by atoms with E-state index in [1.54, 1.807) is 16.6 Å². The van der Waals surface area contributed by atoms with Crippen molar-refractivity contribution in [2.75, 3.05) is 13.1 Å². The molecule has 1 aliphatic heterocycles. The number of aromatic nitrogens is 3. The van der Waals surface area contributed by atoms with Crippen LogP contribution in [0, 0.1) is 5.41 Å². The molecule has 2 aliphatic rings. The Kier molecular flexibility index (Phi) is 4.95. The summed E-state index contributed by atoms with van der Waals surface area (Å²) in [7, 11) is 1.78. The maximum Gasteiger partial charge on any atom is 0.410 e. The number of hydrogen-bond donors (Lipinski definition) is 0. The first-order valence-corrected chi connectivity index (χ1v) is 9.58. The van der Waals surface area contributed by atoms with Crippen LogP contribution in [0.4, 0.5) is 4.79 Å². The number of hydrogen-bond acceptors (Lipinski definition) is 5. The Bertz CT molecular complexity index is 792. The van der Waals surface area contributed by atoms with Crippen LogP contribution in [0.25, 0.3) is 0 Å². The lowest BCUT2D eigenvalue weighted by Crippen LogP contribution is -2.52. The summed E-state index contributed by atoms with van der Waals surface area (Å²) in [6.07, 6.45) is 5.49. The van der Waals surface area contributed by atoms with Crippen LogP contribution in [0.15, 0.2) is 30.6 Å². The predicted octanol–water partition coefficient (Wildman–Crippen LogP) is 3.43. The van der Waals surface area contributed by atoms with Gasteiger partial charge < -0.3 is 14.4 Å². The summed E-state index contributed by atoms with van der Waals surface area (Å²) in [5, 5.41) is 4.68. The fourth-order valence-electron chi connectivity index (χ4n) is 3.94. The van der Waals surface area contributed by atoms with Gasteiger partial charge in [-0.2, -0.15) is 5.10 Å². The zero-order chi connectivity index (χ0) is 18.9. The predicted molar refractivity (Wildman–Crippen MR) is 99.5 cm³/mol. The average molecular weight is 391 g/mol. The highest BCUT2D eigenvalue weighted by Crippen LogP contribution is 2.50. The number of rotatable bonds is 4.